The van der Waals surface area contributed by atoms with Crippen LogP contribution in [0.2, 0.25) is 0 Å². The topological polar surface area (TPSA) is 22.0 Å². The van der Waals surface area contributed by atoms with Crippen LogP contribution in [0.25, 0.3) is 0 Å². The van der Waals surface area contributed by atoms with Gasteiger partial charge in [0.2, 0.25) is 0 Å². The summed E-state index contributed by atoms with van der Waals surface area (Å²) >= 11 is 3.23. The molecule has 1 rings (SSSR count). The van der Waals surface area contributed by atoms with Crippen LogP contribution in [-0.4, -0.2) is 4.57 Å². The van der Waals surface area contributed by atoms with E-state index in [1.54, 1.807) is 10.6 Å². The van der Waals surface area contributed by atoms with Crippen molar-refractivity contribution in [2.24, 2.45) is 5.92 Å². The Morgan fingerprint density at radius 1 is 1.50 bits per heavy atom. The fourth-order valence-electron chi connectivity index (χ4n) is 1.35. The van der Waals surface area contributed by atoms with Crippen molar-refractivity contribution < 1.29 is 0 Å². The lowest BCUT2D eigenvalue weighted by molar-refractivity contribution is 0.505. The van der Waals surface area contributed by atoms with E-state index in [1.165, 1.54) is 6.42 Å². The van der Waals surface area contributed by atoms with Crippen LogP contribution in [0.1, 0.15) is 26.7 Å². The summed E-state index contributed by atoms with van der Waals surface area (Å²) in [5, 5.41) is 0. The highest BCUT2D eigenvalue weighted by Crippen LogP contribution is 2.05. The summed E-state index contributed by atoms with van der Waals surface area (Å²) in [5.74, 6) is 0.706. The summed E-state index contributed by atoms with van der Waals surface area (Å²) in [6.07, 6.45) is 4.07. The molecule has 0 radical (unpaired) electrons. The Morgan fingerprint density at radius 2 is 2.21 bits per heavy atom. The quantitative estimate of drug-likeness (QED) is 0.813. The normalized spacial score (nSPS) is 10.9. The first kappa shape index (κ1) is 11.5. The van der Waals surface area contributed by atoms with Crippen LogP contribution in [0.3, 0.4) is 0 Å². The smallest absolute Gasteiger partial charge is 0.264 e. The number of rotatable bonds is 4. The van der Waals surface area contributed by atoms with Gasteiger partial charge in [0, 0.05) is 12.7 Å². The van der Waals surface area contributed by atoms with Crippen LogP contribution in [-0.2, 0) is 6.54 Å². The van der Waals surface area contributed by atoms with Gasteiger partial charge in [-0.15, -0.1) is 0 Å². The van der Waals surface area contributed by atoms with E-state index in [2.05, 4.69) is 29.8 Å². The molecule has 14 heavy (non-hydrogen) atoms. The average molecular weight is 258 g/mol. The maximum absolute atomic E-state index is 11.6. The van der Waals surface area contributed by atoms with Gasteiger partial charge in [-0.2, -0.15) is 0 Å². The Labute approximate surface area is 93.1 Å². The van der Waals surface area contributed by atoms with Gasteiger partial charge in [-0.1, -0.05) is 13.8 Å². The fraction of sp³-hybridized carbons (Fsp3) is 0.545. The van der Waals surface area contributed by atoms with Crippen molar-refractivity contribution in [3.8, 4) is 0 Å². The third-order valence-corrected chi connectivity index (χ3v) is 2.76. The molecule has 0 bridgehead atoms. The first-order valence-electron chi connectivity index (χ1n) is 4.96. The highest BCUT2D eigenvalue weighted by Gasteiger charge is 2.00. The number of aromatic nitrogens is 1. The third kappa shape index (κ3) is 3.29. The average Bonchev–Trinajstić information content (AvgIpc) is 2.12. The van der Waals surface area contributed by atoms with E-state index < -0.39 is 0 Å². The number of aryl methyl sites for hydroxylation is 1. The van der Waals surface area contributed by atoms with E-state index in [0.717, 1.165) is 13.0 Å². The van der Waals surface area contributed by atoms with E-state index in [-0.39, 0.29) is 5.56 Å². The number of nitrogens with zero attached hydrogens (tertiary/aromatic N) is 1. The van der Waals surface area contributed by atoms with Crippen molar-refractivity contribution in [3.63, 3.8) is 0 Å². The standard InChI is InChI=1S/C11H16BrNO/c1-9(2)5-3-7-13-8-4-6-10(12)11(13)14/h4,6,8-9H,3,5,7H2,1-2H3. The second-order valence-electron chi connectivity index (χ2n) is 3.89. The second kappa shape index (κ2) is 5.35. The highest BCUT2D eigenvalue weighted by molar-refractivity contribution is 9.10. The molecule has 0 aliphatic heterocycles. The molecule has 0 aromatic carbocycles. The summed E-state index contributed by atoms with van der Waals surface area (Å²) in [5.41, 5.74) is 0.0660. The summed E-state index contributed by atoms with van der Waals surface area (Å²) in [6.45, 7) is 5.21. The molecule has 0 saturated heterocycles. The Bertz CT molecular complexity index is 343. The second-order valence-corrected chi connectivity index (χ2v) is 4.75. The minimum Gasteiger partial charge on any atom is -0.315 e. The van der Waals surface area contributed by atoms with Crippen molar-refractivity contribution >= 4 is 15.9 Å². The Balaban J connectivity index is 2.59. The molecule has 0 N–H and O–H groups in total. The van der Waals surface area contributed by atoms with Crippen LogP contribution in [0.4, 0.5) is 0 Å². The molecule has 0 saturated carbocycles. The molecule has 0 amide bonds. The number of pyridine rings is 1. The molecule has 2 nitrogen and oxygen atoms in total. The van der Waals surface area contributed by atoms with Crippen molar-refractivity contribution in [2.75, 3.05) is 0 Å². The lowest BCUT2D eigenvalue weighted by atomic mass is 10.1. The minimum absolute atomic E-state index is 0.0660. The van der Waals surface area contributed by atoms with Gasteiger partial charge < -0.3 is 4.57 Å². The van der Waals surface area contributed by atoms with E-state index in [1.807, 2.05) is 12.3 Å². The van der Waals surface area contributed by atoms with Gasteiger partial charge in [0.1, 0.15) is 0 Å². The first-order valence-corrected chi connectivity index (χ1v) is 5.75. The van der Waals surface area contributed by atoms with Crippen molar-refractivity contribution in [3.05, 3.63) is 33.2 Å². The van der Waals surface area contributed by atoms with E-state index in [4.69, 9.17) is 0 Å². The molecule has 0 atom stereocenters. The maximum atomic E-state index is 11.6. The first-order chi connectivity index (χ1) is 6.61. The Kier molecular flexibility index (Phi) is 4.39. The van der Waals surface area contributed by atoms with Crippen LogP contribution in [0.5, 0.6) is 0 Å². The maximum Gasteiger partial charge on any atom is 0.264 e. The third-order valence-electron chi connectivity index (χ3n) is 2.15. The molecule has 78 valence electrons. The minimum atomic E-state index is 0.0660. The predicted octanol–water partition coefficient (Wildman–Crippen LogP) is 3.05. The van der Waals surface area contributed by atoms with E-state index >= 15 is 0 Å². The number of halogens is 1. The van der Waals surface area contributed by atoms with Gasteiger partial charge in [0.25, 0.3) is 5.56 Å². The molecule has 3 heteroatoms. The molecule has 1 aromatic heterocycles. The summed E-state index contributed by atoms with van der Waals surface area (Å²) in [4.78, 5) is 11.6. The molecule has 0 aliphatic rings. The van der Waals surface area contributed by atoms with Gasteiger partial charge in [0.15, 0.2) is 0 Å². The predicted molar refractivity (Wildman–Crippen MR) is 62.5 cm³/mol. The zero-order valence-electron chi connectivity index (χ0n) is 8.66. The largest absolute Gasteiger partial charge is 0.315 e. The SMILES string of the molecule is CC(C)CCCn1cccc(Br)c1=O. The van der Waals surface area contributed by atoms with E-state index in [0.29, 0.717) is 10.4 Å². The summed E-state index contributed by atoms with van der Waals surface area (Å²) in [7, 11) is 0. The van der Waals surface area contributed by atoms with Gasteiger partial charge in [-0.3, -0.25) is 4.79 Å². The Morgan fingerprint density at radius 3 is 2.86 bits per heavy atom. The zero-order chi connectivity index (χ0) is 10.6. The molecule has 1 heterocycles. The molecular weight excluding hydrogens is 242 g/mol. The fourth-order valence-corrected chi connectivity index (χ4v) is 1.73. The van der Waals surface area contributed by atoms with Crippen LogP contribution in [0, 0.1) is 5.92 Å². The molecule has 0 unspecified atom stereocenters. The van der Waals surface area contributed by atoms with Crippen LogP contribution >= 0.6 is 15.9 Å². The molecule has 0 spiro atoms. The highest BCUT2D eigenvalue weighted by atomic mass is 79.9. The van der Waals surface area contributed by atoms with Crippen LogP contribution < -0.4 is 5.56 Å². The van der Waals surface area contributed by atoms with Gasteiger partial charge in [-0.25, -0.2) is 0 Å². The van der Waals surface area contributed by atoms with Crippen molar-refractivity contribution in [1.82, 2.24) is 4.57 Å². The van der Waals surface area contributed by atoms with Crippen molar-refractivity contribution in [2.45, 2.75) is 33.2 Å². The summed E-state index contributed by atoms with van der Waals surface area (Å²) in [6, 6.07) is 3.67. The zero-order valence-corrected chi connectivity index (χ0v) is 10.3. The molecule has 1 aromatic rings. The number of hydrogen-bond acceptors (Lipinski definition) is 1. The van der Waals surface area contributed by atoms with Gasteiger partial charge in [-0.05, 0) is 46.8 Å². The van der Waals surface area contributed by atoms with Crippen LogP contribution in [0.15, 0.2) is 27.6 Å². The summed E-state index contributed by atoms with van der Waals surface area (Å²) < 4.78 is 2.40. The molecule has 0 fully saturated rings. The number of hydrogen-bond donors (Lipinski definition) is 0. The molecular formula is C11H16BrNO. The molecule has 0 aliphatic carbocycles. The van der Waals surface area contributed by atoms with Crippen molar-refractivity contribution in [1.29, 1.82) is 0 Å². The lowest BCUT2D eigenvalue weighted by Crippen LogP contribution is -2.19. The van der Waals surface area contributed by atoms with Gasteiger partial charge >= 0.3 is 0 Å². The van der Waals surface area contributed by atoms with E-state index in [9.17, 15) is 4.79 Å². The monoisotopic (exact) mass is 257 g/mol. The lowest BCUT2D eigenvalue weighted by Gasteiger charge is -2.07. The Hall–Kier alpha value is -0.570. The van der Waals surface area contributed by atoms with Gasteiger partial charge in [0.05, 0.1) is 4.47 Å².